The number of nitrogens with zero attached hydrogens (tertiary/aromatic N) is 4. The maximum Gasteiger partial charge on any atom is 0.485 e. The molecule has 0 spiro atoms. The van der Waals surface area contributed by atoms with E-state index in [9.17, 15) is 18.0 Å². The number of hydrogen-bond acceptors (Lipinski definition) is 4. The van der Waals surface area contributed by atoms with Gasteiger partial charge in [0.05, 0.1) is 0 Å². The third-order valence-electron chi connectivity index (χ3n) is 2.65. The van der Waals surface area contributed by atoms with Gasteiger partial charge in [-0.05, 0) is 6.07 Å². The predicted molar refractivity (Wildman–Crippen MR) is 60.4 cm³/mol. The molecule has 19 heavy (non-hydrogen) atoms. The number of carbonyl (C=O) groups excluding carboxylic acids is 1. The Labute approximate surface area is 107 Å². The fraction of sp³-hybridized carbons (Fsp3) is 0.500. The van der Waals surface area contributed by atoms with E-state index in [0.717, 1.165) is 10.2 Å². The van der Waals surface area contributed by atoms with E-state index in [1.165, 1.54) is 0 Å². The van der Waals surface area contributed by atoms with Gasteiger partial charge < -0.3 is 9.80 Å². The summed E-state index contributed by atoms with van der Waals surface area (Å²) in [6, 6.07) is 0.553. The first-order valence-electron chi connectivity index (χ1n) is 5.61. The second-order valence-corrected chi connectivity index (χ2v) is 3.95. The van der Waals surface area contributed by atoms with Gasteiger partial charge in [-0.1, -0.05) is 0 Å². The standard InChI is InChI=1S/C10H12F3N5O/c11-10(12,13)16-9(19)18-6-4-17(5-7-18)8-14-2-1-3-15-8/h1-3H,4-7H2,(H,16,19). The molecule has 1 aromatic rings. The van der Waals surface area contributed by atoms with Crippen LogP contribution in [0, 0.1) is 0 Å². The zero-order chi connectivity index (χ0) is 13.9. The number of amides is 2. The van der Waals surface area contributed by atoms with Gasteiger partial charge in [-0.25, -0.2) is 20.1 Å². The number of rotatable bonds is 1. The highest BCUT2D eigenvalue weighted by atomic mass is 19.4. The van der Waals surface area contributed by atoms with E-state index < -0.39 is 12.3 Å². The van der Waals surface area contributed by atoms with Crippen LogP contribution >= 0.6 is 0 Å². The number of alkyl halides is 3. The van der Waals surface area contributed by atoms with E-state index in [2.05, 4.69) is 9.97 Å². The van der Waals surface area contributed by atoms with Gasteiger partial charge in [0, 0.05) is 38.6 Å². The molecule has 0 aromatic carbocycles. The molecule has 104 valence electrons. The zero-order valence-electron chi connectivity index (χ0n) is 9.89. The van der Waals surface area contributed by atoms with Gasteiger partial charge in [0.1, 0.15) is 0 Å². The summed E-state index contributed by atoms with van der Waals surface area (Å²) in [5.74, 6) is 0.512. The van der Waals surface area contributed by atoms with Crippen molar-refractivity contribution in [1.29, 1.82) is 0 Å². The Balaban J connectivity index is 1.88. The predicted octanol–water partition coefficient (Wildman–Crippen LogP) is 0.828. The Kier molecular flexibility index (Phi) is 3.72. The highest BCUT2D eigenvalue weighted by Crippen LogP contribution is 2.13. The minimum absolute atomic E-state index is 0.195. The van der Waals surface area contributed by atoms with E-state index in [4.69, 9.17) is 0 Å². The minimum Gasteiger partial charge on any atom is -0.337 e. The van der Waals surface area contributed by atoms with Crippen molar-refractivity contribution < 1.29 is 18.0 Å². The van der Waals surface area contributed by atoms with E-state index in [1.54, 1.807) is 18.5 Å². The van der Waals surface area contributed by atoms with Crippen molar-refractivity contribution in [1.82, 2.24) is 20.2 Å². The summed E-state index contributed by atoms with van der Waals surface area (Å²) in [6.45, 7) is 1.19. The first kappa shape index (κ1) is 13.4. The summed E-state index contributed by atoms with van der Waals surface area (Å²) in [4.78, 5) is 22.3. The molecule has 0 unspecified atom stereocenters. The van der Waals surface area contributed by atoms with Crippen LogP contribution in [0.1, 0.15) is 0 Å². The molecule has 2 rings (SSSR count). The molecule has 0 radical (unpaired) electrons. The molecule has 1 aliphatic rings. The summed E-state index contributed by atoms with van der Waals surface area (Å²) in [7, 11) is 0. The first-order valence-corrected chi connectivity index (χ1v) is 5.61. The fourth-order valence-corrected chi connectivity index (χ4v) is 1.76. The summed E-state index contributed by atoms with van der Waals surface area (Å²) >= 11 is 0. The highest BCUT2D eigenvalue weighted by Gasteiger charge is 2.33. The minimum atomic E-state index is -4.70. The molecule has 0 aliphatic carbocycles. The lowest BCUT2D eigenvalue weighted by molar-refractivity contribution is -0.147. The summed E-state index contributed by atoms with van der Waals surface area (Å²) < 4.78 is 36.0. The van der Waals surface area contributed by atoms with Crippen molar-refractivity contribution in [2.75, 3.05) is 31.1 Å². The van der Waals surface area contributed by atoms with Gasteiger partial charge >= 0.3 is 12.3 Å². The number of anilines is 1. The van der Waals surface area contributed by atoms with Crippen LogP contribution in [0.3, 0.4) is 0 Å². The van der Waals surface area contributed by atoms with Crippen LogP contribution < -0.4 is 10.2 Å². The molecule has 0 bridgehead atoms. The molecule has 2 amide bonds. The third-order valence-corrected chi connectivity index (χ3v) is 2.65. The second-order valence-electron chi connectivity index (χ2n) is 3.95. The van der Waals surface area contributed by atoms with Gasteiger partial charge in [-0.3, -0.25) is 0 Å². The SMILES string of the molecule is O=C(NC(F)(F)F)N1CCN(c2ncccn2)CC1. The lowest BCUT2D eigenvalue weighted by Gasteiger charge is -2.34. The fourth-order valence-electron chi connectivity index (χ4n) is 1.76. The van der Waals surface area contributed by atoms with Gasteiger partial charge in [0.25, 0.3) is 0 Å². The quantitative estimate of drug-likeness (QED) is 0.771. The number of halogens is 3. The molecular weight excluding hydrogens is 263 g/mol. The summed E-state index contributed by atoms with van der Waals surface area (Å²) in [6.07, 6.45) is -1.52. The lowest BCUT2D eigenvalue weighted by atomic mass is 10.3. The molecule has 1 aromatic heterocycles. The van der Waals surface area contributed by atoms with Crippen molar-refractivity contribution in [3.8, 4) is 0 Å². The van der Waals surface area contributed by atoms with Crippen LogP contribution in [0.15, 0.2) is 18.5 Å². The van der Waals surface area contributed by atoms with Gasteiger partial charge in [-0.2, -0.15) is 13.2 Å². The zero-order valence-corrected chi connectivity index (χ0v) is 9.89. The number of hydrogen-bond donors (Lipinski definition) is 1. The molecule has 0 saturated carbocycles. The maximum absolute atomic E-state index is 12.0. The Morgan fingerprint density at radius 2 is 1.74 bits per heavy atom. The number of piperazine rings is 1. The first-order chi connectivity index (χ1) is 8.96. The van der Waals surface area contributed by atoms with Crippen molar-refractivity contribution in [2.45, 2.75) is 6.30 Å². The van der Waals surface area contributed by atoms with E-state index in [0.29, 0.717) is 19.0 Å². The molecule has 6 nitrogen and oxygen atoms in total. The summed E-state index contributed by atoms with van der Waals surface area (Å²) in [5, 5.41) is 0.981. The van der Waals surface area contributed by atoms with Crippen molar-refractivity contribution in [3.05, 3.63) is 18.5 Å². The largest absolute Gasteiger partial charge is 0.485 e. The monoisotopic (exact) mass is 275 g/mol. The topological polar surface area (TPSA) is 61.4 Å². The number of aromatic nitrogens is 2. The molecule has 2 heterocycles. The average Bonchev–Trinajstić information content (AvgIpc) is 2.38. The normalized spacial score (nSPS) is 16.4. The molecule has 1 fully saturated rings. The van der Waals surface area contributed by atoms with E-state index in [-0.39, 0.29) is 13.1 Å². The number of carbonyl (C=O) groups is 1. The van der Waals surface area contributed by atoms with Crippen LogP contribution in [0.25, 0.3) is 0 Å². The van der Waals surface area contributed by atoms with Gasteiger partial charge in [-0.15, -0.1) is 0 Å². The van der Waals surface area contributed by atoms with Crippen LogP contribution in [-0.4, -0.2) is 53.4 Å². The molecular formula is C10H12F3N5O. The molecule has 1 N–H and O–H groups in total. The average molecular weight is 275 g/mol. The van der Waals surface area contributed by atoms with E-state index in [1.807, 2.05) is 4.90 Å². The molecule has 1 aliphatic heterocycles. The third kappa shape index (κ3) is 3.70. The summed E-state index contributed by atoms with van der Waals surface area (Å²) in [5.41, 5.74) is 0. The number of urea groups is 1. The van der Waals surface area contributed by atoms with E-state index >= 15 is 0 Å². The van der Waals surface area contributed by atoms with Gasteiger partial charge in [0.15, 0.2) is 0 Å². The number of nitrogens with one attached hydrogen (secondary N) is 1. The van der Waals surface area contributed by atoms with Crippen molar-refractivity contribution in [3.63, 3.8) is 0 Å². The molecule has 0 atom stereocenters. The van der Waals surface area contributed by atoms with Crippen molar-refractivity contribution >= 4 is 12.0 Å². The highest BCUT2D eigenvalue weighted by molar-refractivity contribution is 5.74. The Hall–Kier alpha value is -2.06. The van der Waals surface area contributed by atoms with Gasteiger partial charge in [0.2, 0.25) is 5.95 Å². The smallest absolute Gasteiger partial charge is 0.337 e. The van der Waals surface area contributed by atoms with Crippen LogP contribution in [0.2, 0.25) is 0 Å². The Bertz CT molecular complexity index is 431. The van der Waals surface area contributed by atoms with Crippen LogP contribution in [-0.2, 0) is 0 Å². The Morgan fingerprint density at radius 1 is 1.16 bits per heavy atom. The van der Waals surface area contributed by atoms with Crippen LogP contribution in [0.5, 0.6) is 0 Å². The van der Waals surface area contributed by atoms with Crippen LogP contribution in [0.4, 0.5) is 23.9 Å². The van der Waals surface area contributed by atoms with Crippen molar-refractivity contribution in [2.24, 2.45) is 0 Å². The lowest BCUT2D eigenvalue weighted by Crippen LogP contribution is -2.54. The molecule has 9 heteroatoms. The molecule has 1 saturated heterocycles. The second kappa shape index (κ2) is 5.29. The maximum atomic E-state index is 12.0. The Morgan fingerprint density at radius 3 is 2.26 bits per heavy atom.